The number of carbonyl (C=O) groups is 2. The number of esters is 1. The quantitative estimate of drug-likeness (QED) is 0.583. The minimum atomic E-state index is -1.23. The van der Waals surface area contributed by atoms with Gasteiger partial charge in [-0.1, -0.05) is 45.4 Å². The van der Waals surface area contributed by atoms with E-state index in [1.165, 1.54) is 24.2 Å². The van der Waals surface area contributed by atoms with Crippen molar-refractivity contribution in [3.05, 3.63) is 29.8 Å². The molecule has 1 aliphatic carbocycles. The van der Waals surface area contributed by atoms with Gasteiger partial charge in [-0.25, -0.2) is 0 Å². The van der Waals surface area contributed by atoms with Crippen molar-refractivity contribution in [2.45, 2.75) is 51.0 Å². The highest BCUT2D eigenvalue weighted by molar-refractivity contribution is 8.00. The SMILES string of the molecule is CC(C)[C@@H]1CC[C@H](C)C[C@H]1OC(=O)CSc1ccccc1C(=O)[O-]. The minimum Gasteiger partial charge on any atom is -0.545 e. The van der Waals surface area contributed by atoms with Gasteiger partial charge < -0.3 is 14.6 Å². The van der Waals surface area contributed by atoms with E-state index < -0.39 is 5.97 Å². The first-order valence-electron chi connectivity index (χ1n) is 8.51. The van der Waals surface area contributed by atoms with E-state index in [9.17, 15) is 14.7 Å². The number of hydrogen-bond acceptors (Lipinski definition) is 5. The molecule has 0 heterocycles. The molecule has 0 aliphatic heterocycles. The van der Waals surface area contributed by atoms with Crippen molar-refractivity contribution >= 4 is 23.7 Å². The molecule has 0 spiro atoms. The lowest BCUT2D eigenvalue weighted by atomic mass is 9.75. The van der Waals surface area contributed by atoms with Crippen LogP contribution in [0.3, 0.4) is 0 Å². The predicted octanol–water partition coefficient (Wildman–Crippen LogP) is 3.15. The summed E-state index contributed by atoms with van der Waals surface area (Å²) >= 11 is 1.19. The Bertz CT molecular complexity index is 584. The van der Waals surface area contributed by atoms with E-state index in [1.807, 2.05) is 0 Å². The number of benzene rings is 1. The zero-order valence-electron chi connectivity index (χ0n) is 14.5. The van der Waals surface area contributed by atoms with E-state index >= 15 is 0 Å². The van der Waals surface area contributed by atoms with E-state index in [2.05, 4.69) is 20.8 Å². The molecule has 24 heavy (non-hydrogen) atoms. The molecule has 1 aromatic carbocycles. The van der Waals surface area contributed by atoms with Gasteiger partial charge in [-0.2, -0.15) is 0 Å². The number of carbonyl (C=O) groups excluding carboxylic acids is 2. The molecule has 0 amide bonds. The fraction of sp³-hybridized carbons (Fsp3) is 0.579. The van der Waals surface area contributed by atoms with Gasteiger partial charge >= 0.3 is 5.97 Å². The normalized spacial score (nSPS) is 23.9. The lowest BCUT2D eigenvalue weighted by Gasteiger charge is -2.36. The summed E-state index contributed by atoms with van der Waals surface area (Å²) in [5.74, 6) is 0.0713. The summed E-state index contributed by atoms with van der Waals surface area (Å²) in [6, 6.07) is 6.56. The molecule has 2 rings (SSSR count). The first-order valence-corrected chi connectivity index (χ1v) is 9.49. The largest absolute Gasteiger partial charge is 0.545 e. The molecule has 132 valence electrons. The first kappa shape index (κ1) is 18.8. The molecule has 1 aliphatic rings. The molecule has 0 aromatic heterocycles. The van der Waals surface area contributed by atoms with Crippen molar-refractivity contribution in [3.63, 3.8) is 0 Å². The molecule has 3 atom stereocenters. The average Bonchev–Trinajstić information content (AvgIpc) is 2.53. The Labute approximate surface area is 148 Å². The lowest BCUT2D eigenvalue weighted by molar-refractivity contribution is -0.255. The number of carboxylic acids is 1. The monoisotopic (exact) mass is 349 g/mol. The van der Waals surface area contributed by atoms with Crippen LogP contribution >= 0.6 is 11.8 Å². The van der Waals surface area contributed by atoms with Gasteiger partial charge in [0.25, 0.3) is 0 Å². The summed E-state index contributed by atoms with van der Waals surface area (Å²) in [5.41, 5.74) is 0.113. The Morgan fingerprint density at radius 1 is 1.29 bits per heavy atom. The summed E-state index contributed by atoms with van der Waals surface area (Å²) in [5, 5.41) is 11.1. The van der Waals surface area contributed by atoms with Crippen molar-refractivity contribution in [2.75, 3.05) is 5.75 Å². The van der Waals surface area contributed by atoms with E-state index in [0.717, 1.165) is 12.8 Å². The van der Waals surface area contributed by atoms with Gasteiger partial charge in [0.1, 0.15) is 6.10 Å². The highest BCUT2D eigenvalue weighted by Gasteiger charge is 2.33. The van der Waals surface area contributed by atoms with E-state index in [0.29, 0.717) is 22.6 Å². The number of rotatable bonds is 6. The molecular weight excluding hydrogens is 324 g/mol. The van der Waals surface area contributed by atoms with Gasteiger partial charge in [-0.05, 0) is 36.7 Å². The molecule has 0 N–H and O–H groups in total. The molecule has 0 unspecified atom stereocenters. The van der Waals surface area contributed by atoms with Crippen LogP contribution in [0.4, 0.5) is 0 Å². The molecule has 0 bridgehead atoms. The van der Waals surface area contributed by atoms with Gasteiger partial charge in [0.15, 0.2) is 0 Å². The van der Waals surface area contributed by atoms with Crippen LogP contribution in [0.15, 0.2) is 29.2 Å². The second kappa shape index (κ2) is 8.56. The van der Waals surface area contributed by atoms with Crippen LogP contribution in [0.1, 0.15) is 50.4 Å². The number of aromatic carboxylic acids is 1. The Morgan fingerprint density at radius 3 is 2.67 bits per heavy atom. The van der Waals surface area contributed by atoms with Crippen LogP contribution in [0.2, 0.25) is 0 Å². The molecule has 0 radical (unpaired) electrons. The third kappa shape index (κ3) is 5.00. The van der Waals surface area contributed by atoms with Gasteiger partial charge in [0, 0.05) is 10.5 Å². The standard InChI is InChI=1S/C19H26O4S/c1-12(2)14-9-8-13(3)10-16(14)23-18(20)11-24-17-7-5-4-6-15(17)19(21)22/h4-7,12-14,16H,8-11H2,1-3H3,(H,21,22)/p-1/t13-,14-,16+/m0/s1. The smallest absolute Gasteiger partial charge is 0.316 e. The Kier molecular flexibility index (Phi) is 6.72. The number of ether oxygens (including phenoxy) is 1. The first-order chi connectivity index (χ1) is 11.4. The fourth-order valence-corrected chi connectivity index (χ4v) is 4.17. The second-order valence-corrected chi connectivity index (χ2v) is 7.94. The van der Waals surface area contributed by atoms with Gasteiger partial charge in [0.05, 0.1) is 11.7 Å². The lowest BCUT2D eigenvalue weighted by Crippen LogP contribution is -2.36. The molecule has 1 fully saturated rings. The van der Waals surface area contributed by atoms with Crippen LogP contribution in [0, 0.1) is 17.8 Å². The molecule has 5 heteroatoms. The topological polar surface area (TPSA) is 66.4 Å². The van der Waals surface area contributed by atoms with Crippen LogP contribution in [-0.2, 0) is 9.53 Å². The van der Waals surface area contributed by atoms with Crippen LogP contribution in [0.5, 0.6) is 0 Å². The molecule has 0 saturated heterocycles. The molecule has 1 saturated carbocycles. The molecular formula is C19H25O4S-. The van der Waals surface area contributed by atoms with Crippen molar-refractivity contribution in [1.29, 1.82) is 0 Å². The summed E-state index contributed by atoms with van der Waals surface area (Å²) in [6.45, 7) is 6.54. The van der Waals surface area contributed by atoms with Crippen molar-refractivity contribution in [1.82, 2.24) is 0 Å². The minimum absolute atomic E-state index is 0.0294. The Balaban J connectivity index is 1.94. The van der Waals surface area contributed by atoms with E-state index in [4.69, 9.17) is 4.74 Å². The van der Waals surface area contributed by atoms with Crippen molar-refractivity contribution in [3.8, 4) is 0 Å². The maximum absolute atomic E-state index is 12.2. The van der Waals surface area contributed by atoms with Crippen LogP contribution in [0.25, 0.3) is 0 Å². The van der Waals surface area contributed by atoms with Crippen molar-refractivity contribution in [2.24, 2.45) is 17.8 Å². The Hall–Kier alpha value is -1.49. The summed E-state index contributed by atoms with van der Waals surface area (Å²) < 4.78 is 5.73. The zero-order valence-corrected chi connectivity index (χ0v) is 15.3. The van der Waals surface area contributed by atoms with Gasteiger partial charge in [-0.15, -0.1) is 11.8 Å². The van der Waals surface area contributed by atoms with E-state index in [-0.39, 0.29) is 23.4 Å². The van der Waals surface area contributed by atoms with Crippen LogP contribution in [-0.4, -0.2) is 23.8 Å². The van der Waals surface area contributed by atoms with Gasteiger partial charge in [-0.3, -0.25) is 4.79 Å². The van der Waals surface area contributed by atoms with Crippen LogP contribution < -0.4 is 5.11 Å². The highest BCUT2D eigenvalue weighted by atomic mass is 32.2. The molecule has 1 aromatic rings. The predicted molar refractivity (Wildman–Crippen MR) is 92.7 cm³/mol. The third-order valence-electron chi connectivity index (χ3n) is 4.70. The Morgan fingerprint density at radius 2 is 2.00 bits per heavy atom. The van der Waals surface area contributed by atoms with Gasteiger partial charge in [0.2, 0.25) is 0 Å². The molecule has 4 nitrogen and oxygen atoms in total. The maximum atomic E-state index is 12.2. The van der Waals surface area contributed by atoms with E-state index in [1.54, 1.807) is 18.2 Å². The summed E-state index contributed by atoms with van der Waals surface area (Å²) in [4.78, 5) is 23.9. The highest BCUT2D eigenvalue weighted by Crippen LogP contribution is 2.35. The number of carboxylic acid groups (broad SMARTS) is 1. The number of hydrogen-bond donors (Lipinski definition) is 0. The number of thioether (sulfide) groups is 1. The second-order valence-electron chi connectivity index (χ2n) is 6.93. The summed E-state index contributed by atoms with van der Waals surface area (Å²) in [6.07, 6.45) is 3.16. The average molecular weight is 349 g/mol. The fourth-order valence-electron chi connectivity index (χ4n) is 3.35. The summed E-state index contributed by atoms with van der Waals surface area (Å²) in [7, 11) is 0. The van der Waals surface area contributed by atoms with Crippen molar-refractivity contribution < 1.29 is 19.4 Å². The maximum Gasteiger partial charge on any atom is 0.316 e. The zero-order chi connectivity index (χ0) is 17.7. The third-order valence-corrected chi connectivity index (χ3v) is 5.74.